The number of ether oxygens (including phenoxy) is 1. The van der Waals surface area contributed by atoms with Crippen molar-refractivity contribution in [2.24, 2.45) is 0 Å². The molecule has 0 aliphatic carbocycles. The van der Waals surface area contributed by atoms with Gasteiger partial charge in [0, 0.05) is 0 Å². The average molecular weight is 300 g/mol. The smallest absolute Gasteiger partial charge is 0.335 e. The predicted molar refractivity (Wildman–Crippen MR) is 32.9 cm³/mol. The van der Waals surface area contributed by atoms with E-state index in [2.05, 4.69) is 4.74 Å². The molecular formula is C6H3F11O. The Morgan fingerprint density at radius 3 is 1.44 bits per heavy atom. The first-order valence-electron chi connectivity index (χ1n) is 3.77. The molecule has 0 rings (SSSR count). The van der Waals surface area contributed by atoms with Crippen molar-refractivity contribution < 1.29 is 53.0 Å². The molecule has 1 nitrogen and oxygen atoms in total. The van der Waals surface area contributed by atoms with Crippen LogP contribution in [0.5, 0.6) is 0 Å². The molecule has 1 atom stereocenters. The van der Waals surface area contributed by atoms with Gasteiger partial charge >= 0.3 is 24.2 Å². The van der Waals surface area contributed by atoms with Crippen LogP contribution < -0.4 is 0 Å². The van der Waals surface area contributed by atoms with E-state index in [9.17, 15) is 48.3 Å². The van der Waals surface area contributed by atoms with Crippen molar-refractivity contribution in [3.8, 4) is 0 Å². The van der Waals surface area contributed by atoms with Gasteiger partial charge in [0.05, 0.1) is 0 Å². The quantitative estimate of drug-likeness (QED) is 0.719. The minimum Gasteiger partial charge on any atom is -0.335 e. The third-order valence-electron chi connectivity index (χ3n) is 1.48. The standard InChI is InChI=1S/C6H3F11O/c7-2(4(10,11)12)18-1-3(8,9)5(13,14)6(15,16)17/h2H,1H2. The second-order valence-electron chi connectivity index (χ2n) is 2.95. The lowest BCUT2D eigenvalue weighted by Crippen LogP contribution is -2.54. The minimum absolute atomic E-state index is 2.63. The van der Waals surface area contributed by atoms with Gasteiger partial charge in [-0.25, -0.2) is 4.39 Å². The summed E-state index contributed by atoms with van der Waals surface area (Å²) in [7, 11) is 0. The van der Waals surface area contributed by atoms with Crippen molar-refractivity contribution >= 4 is 0 Å². The molecule has 0 aromatic carbocycles. The molecule has 0 aliphatic rings. The van der Waals surface area contributed by atoms with Gasteiger partial charge < -0.3 is 4.74 Å². The minimum atomic E-state index is -6.72. The van der Waals surface area contributed by atoms with Crippen LogP contribution in [0.15, 0.2) is 0 Å². The molecule has 12 heteroatoms. The Bertz CT molecular complexity index is 276. The molecule has 18 heavy (non-hydrogen) atoms. The van der Waals surface area contributed by atoms with Crippen LogP contribution in [0.2, 0.25) is 0 Å². The number of halogens is 11. The lowest BCUT2D eigenvalue weighted by molar-refractivity contribution is -0.371. The predicted octanol–water partition coefficient (Wildman–Crippen LogP) is 3.69. The summed E-state index contributed by atoms with van der Waals surface area (Å²) in [5.74, 6) is -12.7. The maximum absolute atomic E-state index is 12.3. The molecule has 0 heterocycles. The Hall–Kier alpha value is -0.810. The first kappa shape index (κ1) is 17.2. The fourth-order valence-electron chi connectivity index (χ4n) is 0.570. The zero-order valence-corrected chi connectivity index (χ0v) is 7.85. The molecular weight excluding hydrogens is 297 g/mol. The Morgan fingerprint density at radius 2 is 1.17 bits per heavy atom. The number of rotatable bonds is 4. The molecule has 0 saturated heterocycles. The third kappa shape index (κ3) is 3.59. The summed E-state index contributed by atoms with van der Waals surface area (Å²) in [6, 6.07) is 0. The highest BCUT2D eigenvalue weighted by Crippen LogP contribution is 2.46. The van der Waals surface area contributed by atoms with E-state index >= 15 is 0 Å². The molecule has 0 N–H and O–H groups in total. The molecule has 0 bridgehead atoms. The Morgan fingerprint density at radius 1 is 0.778 bits per heavy atom. The maximum atomic E-state index is 12.3. The maximum Gasteiger partial charge on any atom is 0.459 e. The van der Waals surface area contributed by atoms with Crippen LogP contribution in [0, 0.1) is 0 Å². The van der Waals surface area contributed by atoms with E-state index < -0.39 is 37.2 Å². The molecule has 0 radical (unpaired) electrons. The van der Waals surface area contributed by atoms with E-state index in [1.807, 2.05) is 0 Å². The highest BCUT2D eigenvalue weighted by molar-refractivity contribution is 4.91. The molecule has 0 fully saturated rings. The van der Waals surface area contributed by atoms with Gasteiger partial charge in [-0.05, 0) is 0 Å². The fraction of sp³-hybridized carbons (Fsp3) is 1.00. The highest BCUT2D eigenvalue weighted by Gasteiger charge is 2.73. The second kappa shape index (κ2) is 4.70. The highest BCUT2D eigenvalue weighted by atomic mass is 19.4. The zero-order chi connectivity index (χ0) is 15.0. The van der Waals surface area contributed by atoms with E-state index in [1.54, 1.807) is 0 Å². The zero-order valence-electron chi connectivity index (χ0n) is 7.85. The van der Waals surface area contributed by atoms with Gasteiger partial charge in [-0.3, -0.25) is 0 Å². The fourth-order valence-corrected chi connectivity index (χ4v) is 0.570. The van der Waals surface area contributed by atoms with Crippen LogP contribution in [-0.4, -0.2) is 37.2 Å². The topological polar surface area (TPSA) is 9.23 Å². The van der Waals surface area contributed by atoms with E-state index in [4.69, 9.17) is 0 Å². The number of alkyl halides is 11. The summed E-state index contributed by atoms with van der Waals surface area (Å²) in [6.45, 7) is -3.08. The lowest BCUT2D eigenvalue weighted by atomic mass is 10.2. The Labute approximate surface area is 91.5 Å². The van der Waals surface area contributed by atoms with Crippen LogP contribution >= 0.6 is 0 Å². The first-order chi connectivity index (χ1) is 7.63. The second-order valence-corrected chi connectivity index (χ2v) is 2.95. The number of hydrogen-bond donors (Lipinski definition) is 0. The Kier molecular flexibility index (Phi) is 4.49. The molecule has 0 aliphatic heterocycles. The first-order valence-corrected chi connectivity index (χ1v) is 3.77. The third-order valence-corrected chi connectivity index (χ3v) is 1.48. The van der Waals surface area contributed by atoms with Crippen molar-refractivity contribution in [2.75, 3.05) is 6.61 Å². The van der Waals surface area contributed by atoms with E-state index in [-0.39, 0.29) is 0 Å². The van der Waals surface area contributed by atoms with Crippen molar-refractivity contribution in [3.05, 3.63) is 0 Å². The van der Waals surface area contributed by atoms with Crippen LogP contribution in [0.3, 0.4) is 0 Å². The van der Waals surface area contributed by atoms with Gasteiger partial charge in [0.15, 0.2) is 0 Å². The molecule has 1 unspecified atom stereocenters. The molecule has 110 valence electrons. The van der Waals surface area contributed by atoms with Gasteiger partial charge in [-0.15, -0.1) is 0 Å². The molecule has 0 aromatic heterocycles. The molecule has 0 spiro atoms. The van der Waals surface area contributed by atoms with E-state index in [0.29, 0.717) is 0 Å². The summed E-state index contributed by atoms with van der Waals surface area (Å²) in [6.07, 6.45) is -16.9. The monoisotopic (exact) mass is 300 g/mol. The van der Waals surface area contributed by atoms with Crippen LogP contribution in [0.1, 0.15) is 0 Å². The van der Waals surface area contributed by atoms with Crippen LogP contribution in [-0.2, 0) is 4.74 Å². The largest absolute Gasteiger partial charge is 0.459 e. The lowest BCUT2D eigenvalue weighted by Gasteiger charge is -2.28. The van der Waals surface area contributed by atoms with Crippen molar-refractivity contribution in [1.82, 2.24) is 0 Å². The summed E-state index contributed by atoms with van der Waals surface area (Å²) >= 11 is 0. The summed E-state index contributed by atoms with van der Waals surface area (Å²) < 4.78 is 132. The SMILES string of the molecule is FC(OCC(F)(F)C(F)(F)C(F)(F)F)C(F)(F)F. The van der Waals surface area contributed by atoms with Crippen molar-refractivity contribution in [2.45, 2.75) is 30.6 Å². The molecule has 0 amide bonds. The summed E-state index contributed by atoms with van der Waals surface area (Å²) in [5.41, 5.74) is 0. The summed E-state index contributed by atoms with van der Waals surface area (Å²) in [5, 5.41) is 0. The van der Waals surface area contributed by atoms with Gasteiger partial charge in [-0.1, -0.05) is 0 Å². The van der Waals surface area contributed by atoms with Gasteiger partial charge in [0.25, 0.3) is 6.36 Å². The van der Waals surface area contributed by atoms with Gasteiger partial charge in [0.2, 0.25) is 0 Å². The van der Waals surface area contributed by atoms with Crippen LogP contribution in [0.25, 0.3) is 0 Å². The van der Waals surface area contributed by atoms with Crippen LogP contribution in [0.4, 0.5) is 48.3 Å². The van der Waals surface area contributed by atoms with Crippen molar-refractivity contribution in [1.29, 1.82) is 0 Å². The van der Waals surface area contributed by atoms with Gasteiger partial charge in [0.1, 0.15) is 6.61 Å². The molecule has 0 aromatic rings. The average Bonchev–Trinajstić information content (AvgIpc) is 2.10. The normalized spacial score (nSPS) is 16.8. The van der Waals surface area contributed by atoms with Crippen molar-refractivity contribution in [3.63, 3.8) is 0 Å². The summed E-state index contributed by atoms with van der Waals surface area (Å²) in [4.78, 5) is 0. The van der Waals surface area contributed by atoms with E-state index in [0.717, 1.165) is 0 Å². The Balaban J connectivity index is 4.78. The van der Waals surface area contributed by atoms with Gasteiger partial charge in [-0.2, -0.15) is 43.9 Å². The molecule has 0 saturated carbocycles. The van der Waals surface area contributed by atoms with E-state index in [1.165, 1.54) is 0 Å². The number of hydrogen-bond acceptors (Lipinski definition) is 1.